The molecule has 0 bridgehead atoms. The van der Waals surface area contributed by atoms with E-state index < -0.39 is 0 Å². The van der Waals surface area contributed by atoms with Crippen LogP contribution in [0.5, 0.6) is 0 Å². The quantitative estimate of drug-likeness (QED) is 0.726. The van der Waals surface area contributed by atoms with Crippen LogP contribution in [0, 0.1) is 0 Å². The minimum Gasteiger partial charge on any atom is -0.380 e. The number of hydrogen-bond acceptors (Lipinski definition) is 3. The van der Waals surface area contributed by atoms with Gasteiger partial charge in [-0.2, -0.15) is 11.3 Å². The molecule has 1 aromatic heterocycles. The summed E-state index contributed by atoms with van der Waals surface area (Å²) in [5.41, 5.74) is 0.730. The largest absolute Gasteiger partial charge is 0.380 e. The first-order valence-electron chi connectivity index (χ1n) is 5.22. The highest BCUT2D eigenvalue weighted by molar-refractivity contribution is 7.08. The lowest BCUT2D eigenvalue weighted by atomic mass is 10.3. The lowest BCUT2D eigenvalue weighted by Gasteiger charge is -2.04. The molecule has 0 saturated heterocycles. The number of hydrogen-bond donors (Lipinski definition) is 1. The van der Waals surface area contributed by atoms with Gasteiger partial charge in [-0.05, 0) is 17.9 Å². The molecule has 15 heavy (non-hydrogen) atoms. The number of thiophene rings is 1. The number of carbonyl (C=O) groups is 1. The fourth-order valence-corrected chi connectivity index (χ4v) is 1.72. The van der Waals surface area contributed by atoms with Crippen molar-refractivity contribution in [1.29, 1.82) is 0 Å². The smallest absolute Gasteiger partial charge is 0.252 e. The molecule has 0 aliphatic carbocycles. The maximum Gasteiger partial charge on any atom is 0.252 e. The summed E-state index contributed by atoms with van der Waals surface area (Å²) in [6, 6.07) is 1.82. The molecule has 0 saturated carbocycles. The Bertz CT molecular complexity index is 272. The van der Waals surface area contributed by atoms with Crippen LogP contribution in [0.4, 0.5) is 0 Å². The van der Waals surface area contributed by atoms with Gasteiger partial charge in [-0.15, -0.1) is 0 Å². The predicted molar refractivity (Wildman–Crippen MR) is 62.4 cm³/mol. The van der Waals surface area contributed by atoms with Gasteiger partial charge in [0.25, 0.3) is 5.91 Å². The molecule has 1 N–H and O–H groups in total. The maximum absolute atomic E-state index is 11.4. The monoisotopic (exact) mass is 227 g/mol. The van der Waals surface area contributed by atoms with Gasteiger partial charge in [0.05, 0.1) is 6.61 Å². The summed E-state index contributed by atoms with van der Waals surface area (Å²) in [6.07, 6.45) is 2.22. The SMILES string of the molecule is CCCCOCCNC(=O)c1ccsc1. The van der Waals surface area contributed by atoms with Gasteiger partial charge in [0, 0.05) is 24.1 Å². The first-order chi connectivity index (χ1) is 7.34. The Kier molecular flexibility index (Phi) is 6.04. The van der Waals surface area contributed by atoms with E-state index in [1.165, 1.54) is 11.3 Å². The van der Waals surface area contributed by atoms with E-state index in [1.807, 2.05) is 16.8 Å². The summed E-state index contributed by atoms with van der Waals surface area (Å²) in [4.78, 5) is 11.4. The second-order valence-electron chi connectivity index (χ2n) is 3.23. The molecule has 1 aromatic rings. The van der Waals surface area contributed by atoms with Crippen LogP contribution in [-0.2, 0) is 4.74 Å². The Balaban J connectivity index is 2.03. The lowest BCUT2D eigenvalue weighted by molar-refractivity contribution is 0.0913. The highest BCUT2D eigenvalue weighted by Crippen LogP contribution is 2.04. The molecule has 0 spiro atoms. The second-order valence-corrected chi connectivity index (χ2v) is 4.01. The number of carbonyl (C=O) groups excluding carboxylic acids is 1. The van der Waals surface area contributed by atoms with E-state index in [0.717, 1.165) is 25.0 Å². The van der Waals surface area contributed by atoms with Crippen LogP contribution >= 0.6 is 11.3 Å². The van der Waals surface area contributed by atoms with Crippen molar-refractivity contribution in [3.8, 4) is 0 Å². The first kappa shape index (κ1) is 12.2. The summed E-state index contributed by atoms with van der Waals surface area (Å²) in [5.74, 6) is -0.0182. The van der Waals surface area contributed by atoms with E-state index >= 15 is 0 Å². The molecule has 0 aliphatic rings. The van der Waals surface area contributed by atoms with Crippen LogP contribution in [0.2, 0.25) is 0 Å². The van der Waals surface area contributed by atoms with Gasteiger partial charge in [0.1, 0.15) is 0 Å². The van der Waals surface area contributed by atoms with Crippen LogP contribution in [0.3, 0.4) is 0 Å². The Morgan fingerprint density at radius 1 is 1.53 bits per heavy atom. The minimum atomic E-state index is -0.0182. The van der Waals surface area contributed by atoms with Crippen molar-refractivity contribution in [3.05, 3.63) is 22.4 Å². The zero-order valence-corrected chi connectivity index (χ0v) is 9.81. The van der Waals surface area contributed by atoms with Gasteiger partial charge < -0.3 is 10.1 Å². The highest BCUT2D eigenvalue weighted by atomic mass is 32.1. The zero-order chi connectivity index (χ0) is 10.9. The molecule has 4 heteroatoms. The average molecular weight is 227 g/mol. The third kappa shape index (κ3) is 4.95. The summed E-state index contributed by atoms with van der Waals surface area (Å²) < 4.78 is 5.33. The maximum atomic E-state index is 11.4. The van der Waals surface area contributed by atoms with Crippen molar-refractivity contribution >= 4 is 17.2 Å². The van der Waals surface area contributed by atoms with Crippen LogP contribution in [0.25, 0.3) is 0 Å². The molecule has 0 atom stereocenters. The molecule has 1 heterocycles. The van der Waals surface area contributed by atoms with Gasteiger partial charge in [-0.3, -0.25) is 4.79 Å². The molecule has 3 nitrogen and oxygen atoms in total. The Hall–Kier alpha value is -0.870. The van der Waals surface area contributed by atoms with E-state index in [0.29, 0.717) is 13.2 Å². The Morgan fingerprint density at radius 2 is 2.40 bits per heavy atom. The standard InChI is InChI=1S/C11H17NO2S/c1-2-3-6-14-7-5-12-11(13)10-4-8-15-9-10/h4,8-9H,2-3,5-7H2,1H3,(H,12,13). The number of amides is 1. The molecule has 1 amide bonds. The minimum absolute atomic E-state index is 0.0182. The van der Waals surface area contributed by atoms with Crippen molar-refractivity contribution < 1.29 is 9.53 Å². The molecule has 0 aliphatic heterocycles. The Morgan fingerprint density at radius 3 is 3.07 bits per heavy atom. The van der Waals surface area contributed by atoms with Crippen molar-refractivity contribution in [3.63, 3.8) is 0 Å². The van der Waals surface area contributed by atoms with Gasteiger partial charge in [0.15, 0.2) is 0 Å². The topological polar surface area (TPSA) is 38.3 Å². The third-order valence-corrected chi connectivity index (χ3v) is 2.64. The van der Waals surface area contributed by atoms with E-state index in [4.69, 9.17) is 4.74 Å². The second kappa shape index (κ2) is 7.43. The van der Waals surface area contributed by atoms with Gasteiger partial charge in [0.2, 0.25) is 0 Å². The fourth-order valence-electron chi connectivity index (χ4n) is 1.08. The molecular formula is C11H17NO2S. The van der Waals surface area contributed by atoms with Crippen molar-refractivity contribution in [2.24, 2.45) is 0 Å². The molecular weight excluding hydrogens is 210 g/mol. The number of unbranched alkanes of at least 4 members (excludes halogenated alkanes) is 1. The average Bonchev–Trinajstić information content (AvgIpc) is 2.76. The van der Waals surface area contributed by atoms with Crippen LogP contribution in [-0.4, -0.2) is 25.7 Å². The van der Waals surface area contributed by atoms with E-state index in [2.05, 4.69) is 12.2 Å². The van der Waals surface area contributed by atoms with Crippen molar-refractivity contribution in [2.75, 3.05) is 19.8 Å². The van der Waals surface area contributed by atoms with E-state index in [-0.39, 0.29) is 5.91 Å². The van der Waals surface area contributed by atoms with Crippen LogP contribution in [0.15, 0.2) is 16.8 Å². The molecule has 0 unspecified atom stereocenters. The number of rotatable bonds is 7. The first-order valence-corrected chi connectivity index (χ1v) is 6.17. The van der Waals surface area contributed by atoms with Gasteiger partial charge in [-0.1, -0.05) is 13.3 Å². The van der Waals surface area contributed by atoms with Crippen molar-refractivity contribution in [2.45, 2.75) is 19.8 Å². The van der Waals surface area contributed by atoms with E-state index in [9.17, 15) is 4.79 Å². The number of ether oxygens (including phenoxy) is 1. The molecule has 0 fully saturated rings. The summed E-state index contributed by atoms with van der Waals surface area (Å²) >= 11 is 1.53. The lowest BCUT2D eigenvalue weighted by Crippen LogP contribution is -2.26. The predicted octanol–water partition coefficient (Wildman–Crippen LogP) is 2.29. The summed E-state index contributed by atoms with van der Waals surface area (Å²) in [5, 5.41) is 6.54. The van der Waals surface area contributed by atoms with Crippen LogP contribution < -0.4 is 5.32 Å². The van der Waals surface area contributed by atoms with Gasteiger partial charge in [-0.25, -0.2) is 0 Å². The Labute approximate surface area is 94.5 Å². The van der Waals surface area contributed by atoms with Crippen molar-refractivity contribution in [1.82, 2.24) is 5.32 Å². The van der Waals surface area contributed by atoms with Gasteiger partial charge >= 0.3 is 0 Å². The molecule has 1 rings (SSSR count). The fraction of sp³-hybridized carbons (Fsp3) is 0.545. The molecule has 84 valence electrons. The zero-order valence-electron chi connectivity index (χ0n) is 8.99. The normalized spacial score (nSPS) is 10.2. The molecule has 0 radical (unpaired) electrons. The molecule has 0 aromatic carbocycles. The summed E-state index contributed by atoms with van der Waals surface area (Å²) in [6.45, 7) is 4.08. The highest BCUT2D eigenvalue weighted by Gasteiger charge is 2.03. The third-order valence-electron chi connectivity index (χ3n) is 1.96. The van der Waals surface area contributed by atoms with E-state index in [1.54, 1.807) is 0 Å². The van der Waals surface area contributed by atoms with Crippen LogP contribution in [0.1, 0.15) is 30.1 Å². The summed E-state index contributed by atoms with van der Waals surface area (Å²) in [7, 11) is 0. The number of nitrogens with one attached hydrogen (secondary N) is 1.